The molecule has 0 N–H and O–H groups in total. The molecule has 1 fully saturated rings. The number of anilines is 1. The van der Waals surface area contributed by atoms with Crippen molar-refractivity contribution < 1.29 is 0 Å². The molecule has 1 aliphatic carbocycles. The highest BCUT2D eigenvalue weighted by Gasteiger charge is 2.30. The molecule has 15 heavy (non-hydrogen) atoms. The van der Waals surface area contributed by atoms with E-state index in [1.807, 2.05) is 18.3 Å². The summed E-state index contributed by atoms with van der Waals surface area (Å²) in [5.41, 5.74) is 0. The lowest BCUT2D eigenvalue weighted by Gasteiger charge is -2.22. The second-order valence-corrected chi connectivity index (χ2v) is 5.40. The minimum absolute atomic E-state index is 0.646. The Hall–Kier alpha value is -0.350. The zero-order valence-electron chi connectivity index (χ0n) is 8.29. The summed E-state index contributed by atoms with van der Waals surface area (Å²) in [6.45, 7) is 4.65. The van der Waals surface area contributed by atoms with Gasteiger partial charge >= 0.3 is 0 Å². The Kier molecular flexibility index (Phi) is 3.46. The van der Waals surface area contributed by atoms with Crippen molar-refractivity contribution in [1.29, 1.82) is 0 Å². The van der Waals surface area contributed by atoms with E-state index in [-0.39, 0.29) is 0 Å². The van der Waals surface area contributed by atoms with E-state index >= 15 is 0 Å². The monoisotopic (exact) mass is 330 g/mol. The fourth-order valence-corrected chi connectivity index (χ4v) is 2.77. The summed E-state index contributed by atoms with van der Waals surface area (Å²) in [4.78, 5) is 6.74. The molecule has 2 nitrogen and oxygen atoms in total. The van der Waals surface area contributed by atoms with Crippen LogP contribution in [0.25, 0.3) is 0 Å². The summed E-state index contributed by atoms with van der Waals surface area (Å²) in [6, 6.07) is 2.67. The highest BCUT2D eigenvalue weighted by molar-refractivity contribution is 9.11. The number of pyridine rings is 1. The molecule has 0 bridgehead atoms. The van der Waals surface area contributed by atoms with Crippen LogP contribution in [0.2, 0.25) is 0 Å². The van der Waals surface area contributed by atoms with Crippen LogP contribution in [0.3, 0.4) is 0 Å². The van der Waals surface area contributed by atoms with Crippen LogP contribution >= 0.6 is 31.9 Å². The Bertz CT molecular complexity index is 375. The maximum Gasteiger partial charge on any atom is 0.143 e. The molecule has 1 aromatic heterocycles. The first-order chi connectivity index (χ1) is 7.22. The smallest absolute Gasteiger partial charge is 0.143 e. The number of nitrogens with zero attached hydrogens (tertiary/aromatic N) is 2. The molecule has 0 aromatic carbocycles. The summed E-state index contributed by atoms with van der Waals surface area (Å²) < 4.78 is 2.03. The van der Waals surface area contributed by atoms with Crippen LogP contribution in [0.4, 0.5) is 5.82 Å². The first-order valence-corrected chi connectivity index (χ1v) is 6.49. The van der Waals surface area contributed by atoms with E-state index in [1.54, 1.807) is 0 Å². The standard InChI is InChI=1S/C11H12Br2N2/c1-2-5-15(9-3-4-9)11-10(13)6-8(12)7-14-11/h2,6-7,9H,1,3-5H2. The van der Waals surface area contributed by atoms with E-state index in [1.165, 1.54) is 12.8 Å². The molecule has 80 valence electrons. The fraction of sp³-hybridized carbons (Fsp3) is 0.364. The van der Waals surface area contributed by atoms with Gasteiger partial charge < -0.3 is 4.90 Å². The topological polar surface area (TPSA) is 16.1 Å². The number of rotatable bonds is 4. The molecule has 4 heteroatoms. The van der Waals surface area contributed by atoms with E-state index in [0.29, 0.717) is 6.04 Å². The van der Waals surface area contributed by atoms with Crippen molar-refractivity contribution in [2.75, 3.05) is 11.4 Å². The molecule has 1 aliphatic rings. The van der Waals surface area contributed by atoms with Crippen molar-refractivity contribution in [3.8, 4) is 0 Å². The molecule has 0 radical (unpaired) electrons. The van der Waals surface area contributed by atoms with E-state index in [4.69, 9.17) is 0 Å². The SMILES string of the molecule is C=CCN(c1ncc(Br)cc1Br)C1CC1. The molecule has 1 aromatic rings. The van der Waals surface area contributed by atoms with Crippen LogP contribution in [-0.2, 0) is 0 Å². The highest BCUT2D eigenvalue weighted by atomic mass is 79.9. The number of hydrogen-bond acceptors (Lipinski definition) is 2. The van der Waals surface area contributed by atoms with Crippen molar-refractivity contribution in [2.45, 2.75) is 18.9 Å². The Labute approximate surface area is 107 Å². The molecule has 0 spiro atoms. The molecule has 0 saturated heterocycles. The van der Waals surface area contributed by atoms with Crippen molar-refractivity contribution >= 4 is 37.7 Å². The third kappa shape index (κ3) is 2.61. The van der Waals surface area contributed by atoms with Gasteiger partial charge in [-0.05, 0) is 50.8 Å². The van der Waals surface area contributed by atoms with Crippen molar-refractivity contribution in [3.63, 3.8) is 0 Å². The molecule has 2 rings (SSSR count). The van der Waals surface area contributed by atoms with Crippen LogP contribution in [0, 0.1) is 0 Å². The first-order valence-electron chi connectivity index (χ1n) is 4.91. The average Bonchev–Trinajstić information content (AvgIpc) is 2.98. The summed E-state index contributed by atoms with van der Waals surface area (Å²) in [7, 11) is 0. The predicted molar refractivity (Wildman–Crippen MR) is 70.2 cm³/mol. The summed E-state index contributed by atoms with van der Waals surface area (Å²) in [5, 5.41) is 0. The second kappa shape index (κ2) is 4.66. The third-order valence-electron chi connectivity index (χ3n) is 2.37. The molecule has 0 atom stereocenters. The fourth-order valence-electron chi connectivity index (χ4n) is 1.55. The molecule has 0 amide bonds. The van der Waals surface area contributed by atoms with E-state index < -0.39 is 0 Å². The van der Waals surface area contributed by atoms with Crippen LogP contribution < -0.4 is 4.90 Å². The van der Waals surface area contributed by atoms with E-state index in [0.717, 1.165) is 21.3 Å². The van der Waals surface area contributed by atoms with Gasteiger partial charge in [0.15, 0.2) is 0 Å². The van der Waals surface area contributed by atoms with Crippen molar-refractivity contribution in [2.24, 2.45) is 0 Å². The van der Waals surface area contributed by atoms with Gasteiger partial charge in [-0.3, -0.25) is 0 Å². The van der Waals surface area contributed by atoms with E-state index in [2.05, 4.69) is 48.3 Å². The van der Waals surface area contributed by atoms with Gasteiger partial charge in [0, 0.05) is 23.3 Å². The van der Waals surface area contributed by atoms with Crippen molar-refractivity contribution in [3.05, 3.63) is 33.9 Å². The molecule has 0 unspecified atom stereocenters. The zero-order chi connectivity index (χ0) is 10.8. The summed E-state index contributed by atoms with van der Waals surface area (Å²) in [5.74, 6) is 1.01. The Morgan fingerprint density at radius 3 is 2.80 bits per heavy atom. The molecular formula is C11H12Br2N2. The molecule has 1 saturated carbocycles. The van der Waals surface area contributed by atoms with Crippen molar-refractivity contribution in [1.82, 2.24) is 4.98 Å². The summed E-state index contributed by atoms with van der Waals surface area (Å²) >= 11 is 6.95. The van der Waals surface area contributed by atoms with E-state index in [9.17, 15) is 0 Å². The van der Waals surface area contributed by atoms with Gasteiger partial charge in [0.25, 0.3) is 0 Å². The van der Waals surface area contributed by atoms with Gasteiger partial charge in [-0.2, -0.15) is 0 Å². The van der Waals surface area contributed by atoms with Gasteiger partial charge in [0.2, 0.25) is 0 Å². The molecule has 0 aliphatic heterocycles. The van der Waals surface area contributed by atoms with Gasteiger partial charge in [-0.1, -0.05) is 6.08 Å². The predicted octanol–water partition coefficient (Wildman–Crippen LogP) is 3.76. The van der Waals surface area contributed by atoms with Gasteiger partial charge in [-0.25, -0.2) is 4.98 Å². The first kappa shape index (κ1) is 11.1. The maximum atomic E-state index is 4.44. The van der Waals surface area contributed by atoms with Gasteiger partial charge in [0.1, 0.15) is 5.82 Å². The Balaban J connectivity index is 2.28. The van der Waals surface area contributed by atoms with Crippen LogP contribution in [0.1, 0.15) is 12.8 Å². The number of hydrogen-bond donors (Lipinski definition) is 0. The lowest BCUT2D eigenvalue weighted by molar-refractivity contribution is 0.837. The number of halogens is 2. The van der Waals surface area contributed by atoms with Crippen LogP contribution in [0.5, 0.6) is 0 Å². The minimum Gasteiger partial charge on any atom is -0.349 e. The molecule has 1 heterocycles. The normalized spacial score (nSPS) is 15.1. The second-order valence-electron chi connectivity index (χ2n) is 3.63. The summed E-state index contributed by atoms with van der Waals surface area (Å²) in [6.07, 6.45) is 6.28. The third-order valence-corrected chi connectivity index (χ3v) is 3.39. The molecular weight excluding hydrogens is 320 g/mol. The Morgan fingerprint density at radius 1 is 1.53 bits per heavy atom. The lowest BCUT2D eigenvalue weighted by Crippen LogP contribution is -2.26. The van der Waals surface area contributed by atoms with Gasteiger partial charge in [0.05, 0.1) is 4.47 Å². The van der Waals surface area contributed by atoms with Crippen LogP contribution in [-0.4, -0.2) is 17.6 Å². The minimum atomic E-state index is 0.646. The van der Waals surface area contributed by atoms with Crippen LogP contribution in [0.15, 0.2) is 33.9 Å². The van der Waals surface area contributed by atoms with Gasteiger partial charge in [-0.15, -0.1) is 6.58 Å². The highest BCUT2D eigenvalue weighted by Crippen LogP contribution is 2.35. The quantitative estimate of drug-likeness (QED) is 0.781. The zero-order valence-corrected chi connectivity index (χ0v) is 11.5. The average molecular weight is 332 g/mol. The maximum absolute atomic E-state index is 4.44. The Morgan fingerprint density at radius 2 is 2.27 bits per heavy atom. The number of aromatic nitrogens is 1. The lowest BCUT2D eigenvalue weighted by atomic mass is 10.4. The largest absolute Gasteiger partial charge is 0.349 e.